The highest BCUT2D eigenvalue weighted by Gasteiger charge is 2.26. The molecule has 25 heavy (non-hydrogen) atoms. The Morgan fingerprint density at radius 2 is 2.00 bits per heavy atom. The van der Waals surface area contributed by atoms with E-state index in [-0.39, 0.29) is 36.6 Å². The summed E-state index contributed by atoms with van der Waals surface area (Å²) in [6.07, 6.45) is 3.65. The summed E-state index contributed by atoms with van der Waals surface area (Å²) in [4.78, 5) is 20.7. The standard InChI is InChI=1S/C18H23N3OS.2ClH/c1-14-7-11-23-17(14)13-21(12-16-4-2-3-8-20-16)18(22)15-5-9-19-10-6-15;;/h2-4,7-8,11,15,19H,5-6,9-10,12-13H2,1H3;2*1H. The zero-order valence-electron chi connectivity index (χ0n) is 14.3. The number of halogens is 2. The van der Waals surface area contributed by atoms with Crippen LogP contribution in [0, 0.1) is 12.8 Å². The molecule has 2 aromatic rings. The van der Waals surface area contributed by atoms with E-state index in [1.54, 1.807) is 17.5 Å². The Morgan fingerprint density at radius 1 is 1.24 bits per heavy atom. The molecule has 0 saturated carbocycles. The number of amides is 1. The van der Waals surface area contributed by atoms with E-state index in [1.165, 1.54) is 10.4 Å². The molecule has 0 radical (unpaired) electrons. The van der Waals surface area contributed by atoms with E-state index in [0.29, 0.717) is 13.1 Å². The summed E-state index contributed by atoms with van der Waals surface area (Å²) in [7, 11) is 0. The molecule has 2 aromatic heterocycles. The molecule has 7 heteroatoms. The Bertz CT molecular complexity index is 645. The fourth-order valence-corrected chi connectivity index (χ4v) is 3.89. The Morgan fingerprint density at radius 3 is 2.60 bits per heavy atom. The number of nitrogens with one attached hydrogen (secondary N) is 1. The number of carbonyl (C=O) groups is 1. The van der Waals surface area contributed by atoms with Gasteiger partial charge < -0.3 is 10.2 Å². The van der Waals surface area contributed by atoms with Gasteiger partial charge in [-0.2, -0.15) is 0 Å². The van der Waals surface area contributed by atoms with Crippen molar-refractivity contribution in [1.29, 1.82) is 0 Å². The lowest BCUT2D eigenvalue weighted by Gasteiger charge is -2.29. The van der Waals surface area contributed by atoms with Gasteiger partial charge in [-0.25, -0.2) is 0 Å². The van der Waals surface area contributed by atoms with E-state index in [0.717, 1.165) is 31.6 Å². The van der Waals surface area contributed by atoms with Gasteiger partial charge in [0.1, 0.15) is 0 Å². The molecular formula is C18H25Cl2N3OS. The minimum absolute atomic E-state index is 0. The zero-order valence-corrected chi connectivity index (χ0v) is 16.8. The maximum Gasteiger partial charge on any atom is 0.226 e. The summed E-state index contributed by atoms with van der Waals surface area (Å²) in [5.74, 6) is 0.408. The van der Waals surface area contributed by atoms with E-state index < -0.39 is 0 Å². The molecule has 3 rings (SSSR count). The molecule has 4 nitrogen and oxygen atoms in total. The highest BCUT2D eigenvalue weighted by Crippen LogP contribution is 2.22. The lowest BCUT2D eigenvalue weighted by Crippen LogP contribution is -2.40. The van der Waals surface area contributed by atoms with Gasteiger partial charge in [0, 0.05) is 17.0 Å². The molecular weight excluding hydrogens is 377 g/mol. The van der Waals surface area contributed by atoms with Crippen LogP contribution in [0.1, 0.15) is 29.0 Å². The van der Waals surface area contributed by atoms with Gasteiger partial charge in [0.05, 0.1) is 18.8 Å². The van der Waals surface area contributed by atoms with Gasteiger partial charge in [-0.15, -0.1) is 36.2 Å². The van der Waals surface area contributed by atoms with Crippen molar-refractivity contribution in [2.45, 2.75) is 32.9 Å². The predicted molar refractivity (Wildman–Crippen MR) is 108 cm³/mol. The molecule has 138 valence electrons. The highest BCUT2D eigenvalue weighted by molar-refractivity contribution is 7.10. The Kier molecular flexibility index (Phi) is 9.43. The molecule has 0 aromatic carbocycles. The van der Waals surface area contributed by atoms with E-state index in [1.807, 2.05) is 23.1 Å². The quantitative estimate of drug-likeness (QED) is 0.827. The van der Waals surface area contributed by atoms with E-state index >= 15 is 0 Å². The van der Waals surface area contributed by atoms with E-state index in [9.17, 15) is 4.79 Å². The third kappa shape index (κ3) is 5.96. The van der Waals surface area contributed by atoms with Gasteiger partial charge in [-0.3, -0.25) is 9.78 Å². The van der Waals surface area contributed by atoms with Crippen molar-refractivity contribution < 1.29 is 4.79 Å². The molecule has 0 aliphatic carbocycles. The number of nitrogens with zero attached hydrogens (tertiary/aromatic N) is 2. The van der Waals surface area contributed by atoms with Crippen molar-refractivity contribution in [3.8, 4) is 0 Å². The van der Waals surface area contributed by atoms with Crippen LogP contribution < -0.4 is 5.32 Å². The minimum Gasteiger partial charge on any atom is -0.331 e. The van der Waals surface area contributed by atoms with Gasteiger partial charge in [0.25, 0.3) is 0 Å². The van der Waals surface area contributed by atoms with Crippen molar-refractivity contribution in [3.05, 3.63) is 52.0 Å². The topological polar surface area (TPSA) is 45.2 Å². The van der Waals surface area contributed by atoms with Crippen molar-refractivity contribution in [1.82, 2.24) is 15.2 Å². The summed E-state index contributed by atoms with van der Waals surface area (Å²) in [6.45, 7) is 5.25. The number of carbonyl (C=O) groups excluding carboxylic acids is 1. The van der Waals surface area contributed by atoms with Gasteiger partial charge in [0.2, 0.25) is 5.91 Å². The lowest BCUT2D eigenvalue weighted by molar-refractivity contribution is -0.137. The monoisotopic (exact) mass is 401 g/mol. The lowest BCUT2D eigenvalue weighted by atomic mass is 9.96. The molecule has 1 fully saturated rings. The zero-order chi connectivity index (χ0) is 16.1. The molecule has 0 unspecified atom stereocenters. The third-order valence-corrected chi connectivity index (χ3v) is 5.39. The minimum atomic E-state index is 0. The summed E-state index contributed by atoms with van der Waals surface area (Å²) >= 11 is 1.73. The Labute approximate surface area is 165 Å². The second-order valence-electron chi connectivity index (χ2n) is 6.07. The first-order valence-corrected chi connectivity index (χ1v) is 9.04. The number of hydrogen-bond acceptors (Lipinski definition) is 4. The molecule has 1 amide bonds. The average molecular weight is 402 g/mol. The fraction of sp³-hybridized carbons (Fsp3) is 0.444. The average Bonchev–Trinajstić information content (AvgIpc) is 3.00. The molecule has 1 aliphatic heterocycles. The fourth-order valence-electron chi connectivity index (χ4n) is 2.97. The van der Waals surface area contributed by atoms with Gasteiger partial charge >= 0.3 is 0 Å². The molecule has 1 N–H and O–H groups in total. The molecule has 0 bridgehead atoms. The predicted octanol–water partition coefficient (Wildman–Crippen LogP) is 3.82. The first kappa shape index (κ1) is 21.9. The van der Waals surface area contributed by atoms with Crippen LogP contribution in [-0.2, 0) is 17.9 Å². The molecule has 3 heterocycles. The van der Waals surface area contributed by atoms with Crippen LogP contribution in [0.2, 0.25) is 0 Å². The van der Waals surface area contributed by atoms with Crippen LogP contribution in [-0.4, -0.2) is 28.9 Å². The molecule has 1 saturated heterocycles. The smallest absolute Gasteiger partial charge is 0.226 e. The Hall–Kier alpha value is -1.14. The van der Waals surface area contributed by atoms with Crippen molar-refractivity contribution >= 4 is 42.1 Å². The number of piperidine rings is 1. The highest BCUT2D eigenvalue weighted by atomic mass is 35.5. The van der Waals surface area contributed by atoms with Crippen molar-refractivity contribution in [2.24, 2.45) is 5.92 Å². The summed E-state index contributed by atoms with van der Waals surface area (Å²) in [5.41, 5.74) is 2.21. The molecule has 1 aliphatic rings. The largest absolute Gasteiger partial charge is 0.331 e. The normalized spacial score (nSPS) is 14.3. The van der Waals surface area contributed by atoms with Crippen LogP contribution in [0.15, 0.2) is 35.8 Å². The maximum atomic E-state index is 13.0. The SMILES string of the molecule is Cc1ccsc1CN(Cc1ccccn1)C(=O)C1CCNCC1.Cl.Cl. The second-order valence-corrected chi connectivity index (χ2v) is 7.07. The van der Waals surface area contributed by atoms with Crippen LogP contribution in [0.3, 0.4) is 0 Å². The summed E-state index contributed by atoms with van der Waals surface area (Å²) in [5, 5.41) is 5.43. The van der Waals surface area contributed by atoms with Gasteiger partial charge in [-0.1, -0.05) is 6.07 Å². The number of hydrogen-bond donors (Lipinski definition) is 1. The number of thiophene rings is 1. The van der Waals surface area contributed by atoms with Crippen molar-refractivity contribution in [2.75, 3.05) is 13.1 Å². The van der Waals surface area contributed by atoms with Gasteiger partial charge in [-0.05, 0) is 62.0 Å². The van der Waals surface area contributed by atoms with Crippen LogP contribution in [0.25, 0.3) is 0 Å². The van der Waals surface area contributed by atoms with Crippen LogP contribution in [0.4, 0.5) is 0 Å². The number of pyridine rings is 1. The second kappa shape index (κ2) is 10.8. The van der Waals surface area contributed by atoms with E-state index in [4.69, 9.17) is 0 Å². The summed E-state index contributed by atoms with van der Waals surface area (Å²) in [6, 6.07) is 8.00. The van der Waals surface area contributed by atoms with Gasteiger partial charge in [0.15, 0.2) is 0 Å². The van der Waals surface area contributed by atoms with Crippen LogP contribution in [0.5, 0.6) is 0 Å². The first-order chi connectivity index (χ1) is 11.2. The number of rotatable bonds is 5. The Balaban J connectivity index is 0.00000156. The maximum absolute atomic E-state index is 13.0. The van der Waals surface area contributed by atoms with Crippen LogP contribution >= 0.6 is 36.2 Å². The number of aryl methyl sites for hydroxylation is 1. The number of aromatic nitrogens is 1. The van der Waals surface area contributed by atoms with Crippen molar-refractivity contribution in [3.63, 3.8) is 0 Å². The molecule has 0 atom stereocenters. The molecule has 0 spiro atoms. The van der Waals surface area contributed by atoms with E-state index in [2.05, 4.69) is 28.7 Å². The first-order valence-electron chi connectivity index (χ1n) is 8.16. The third-order valence-electron chi connectivity index (χ3n) is 4.38. The summed E-state index contributed by atoms with van der Waals surface area (Å²) < 4.78 is 0.